The van der Waals surface area contributed by atoms with Crippen molar-refractivity contribution >= 4 is 15.7 Å². The summed E-state index contributed by atoms with van der Waals surface area (Å²) < 4.78 is 25.9. The normalized spacial score (nSPS) is 13.4. The van der Waals surface area contributed by atoms with Crippen LogP contribution in [0.15, 0.2) is 24.3 Å². The Morgan fingerprint density at radius 1 is 1.29 bits per heavy atom. The Morgan fingerprint density at radius 3 is 2.35 bits per heavy atom. The summed E-state index contributed by atoms with van der Waals surface area (Å²) in [5.74, 6) is -0.332. The van der Waals surface area contributed by atoms with Gasteiger partial charge in [0.2, 0.25) is 10.0 Å². The van der Waals surface area contributed by atoms with E-state index in [1.165, 1.54) is 0 Å². The van der Waals surface area contributed by atoms with Crippen LogP contribution in [-0.4, -0.2) is 25.9 Å². The molecule has 1 aromatic rings. The minimum atomic E-state index is -3.38. The third kappa shape index (κ3) is 4.75. The Kier molecular flexibility index (Phi) is 4.96. The second kappa shape index (κ2) is 6.02. The van der Waals surface area contributed by atoms with Gasteiger partial charge in [0.05, 0.1) is 5.75 Å². The SMILES string of the molecule is CCc1ccc(NS(=O)(=O)CC(C)CO)cc1. The van der Waals surface area contributed by atoms with Crippen LogP contribution in [0.5, 0.6) is 0 Å². The van der Waals surface area contributed by atoms with Gasteiger partial charge >= 0.3 is 0 Å². The van der Waals surface area contributed by atoms with Crippen LogP contribution >= 0.6 is 0 Å². The van der Waals surface area contributed by atoms with E-state index in [0.29, 0.717) is 5.69 Å². The second-order valence-electron chi connectivity index (χ2n) is 4.22. The van der Waals surface area contributed by atoms with Crippen molar-refractivity contribution in [1.29, 1.82) is 0 Å². The molecule has 5 heteroatoms. The standard InChI is InChI=1S/C12H19NO3S/c1-3-11-4-6-12(7-5-11)13-17(15,16)9-10(2)8-14/h4-7,10,13-14H,3,8-9H2,1-2H3. The topological polar surface area (TPSA) is 66.4 Å². The number of rotatable bonds is 6. The lowest BCUT2D eigenvalue weighted by atomic mass is 10.2. The Hall–Kier alpha value is -1.07. The summed E-state index contributed by atoms with van der Waals surface area (Å²) in [7, 11) is -3.38. The molecule has 1 rings (SSSR count). The van der Waals surface area contributed by atoms with Crippen molar-refractivity contribution in [2.45, 2.75) is 20.3 Å². The summed E-state index contributed by atoms with van der Waals surface area (Å²) in [4.78, 5) is 0. The maximum absolute atomic E-state index is 11.7. The molecule has 0 saturated heterocycles. The third-order valence-corrected chi connectivity index (χ3v) is 4.01. The lowest BCUT2D eigenvalue weighted by Crippen LogP contribution is -2.23. The zero-order valence-electron chi connectivity index (χ0n) is 10.2. The number of hydrogen-bond donors (Lipinski definition) is 2. The van der Waals surface area contributed by atoms with Gasteiger partial charge in [0, 0.05) is 12.3 Å². The van der Waals surface area contributed by atoms with E-state index < -0.39 is 10.0 Å². The van der Waals surface area contributed by atoms with Crippen molar-refractivity contribution in [1.82, 2.24) is 0 Å². The highest BCUT2D eigenvalue weighted by atomic mass is 32.2. The molecule has 96 valence electrons. The van der Waals surface area contributed by atoms with Gasteiger partial charge in [-0.3, -0.25) is 4.72 Å². The van der Waals surface area contributed by atoms with E-state index in [2.05, 4.69) is 4.72 Å². The Balaban J connectivity index is 2.69. The molecule has 0 amide bonds. The quantitative estimate of drug-likeness (QED) is 0.814. The van der Waals surface area contributed by atoms with Crippen LogP contribution in [0, 0.1) is 5.92 Å². The smallest absolute Gasteiger partial charge is 0.233 e. The average Bonchev–Trinajstić information content (AvgIpc) is 2.28. The molecule has 0 fully saturated rings. The van der Waals surface area contributed by atoms with Gasteiger partial charge in [-0.05, 0) is 30.0 Å². The molecule has 0 saturated carbocycles. The van der Waals surface area contributed by atoms with Gasteiger partial charge in [-0.1, -0.05) is 26.0 Å². The highest BCUT2D eigenvalue weighted by molar-refractivity contribution is 7.92. The van der Waals surface area contributed by atoms with Crippen molar-refractivity contribution in [3.8, 4) is 0 Å². The number of aliphatic hydroxyl groups is 1. The van der Waals surface area contributed by atoms with E-state index in [0.717, 1.165) is 12.0 Å². The molecule has 1 aromatic carbocycles. The molecule has 0 aliphatic rings. The first kappa shape index (κ1) is 14.0. The molecule has 0 aliphatic carbocycles. The lowest BCUT2D eigenvalue weighted by molar-refractivity contribution is 0.249. The fourth-order valence-electron chi connectivity index (χ4n) is 1.46. The highest BCUT2D eigenvalue weighted by Crippen LogP contribution is 2.13. The minimum absolute atomic E-state index is 0.0704. The molecule has 4 nitrogen and oxygen atoms in total. The van der Waals surface area contributed by atoms with Crippen molar-refractivity contribution in [2.24, 2.45) is 5.92 Å². The van der Waals surface area contributed by atoms with Crippen LogP contribution in [0.1, 0.15) is 19.4 Å². The molecule has 0 radical (unpaired) electrons. The molecule has 0 aromatic heterocycles. The Morgan fingerprint density at radius 2 is 1.88 bits per heavy atom. The first-order valence-corrected chi connectivity index (χ1v) is 7.32. The third-order valence-electron chi connectivity index (χ3n) is 2.45. The van der Waals surface area contributed by atoms with E-state index in [-0.39, 0.29) is 18.3 Å². The predicted octanol–water partition coefficient (Wildman–Crippen LogP) is 1.62. The van der Waals surface area contributed by atoms with Gasteiger partial charge in [0.15, 0.2) is 0 Å². The number of aryl methyl sites for hydroxylation is 1. The maximum atomic E-state index is 11.7. The number of sulfonamides is 1. The monoisotopic (exact) mass is 257 g/mol. The largest absolute Gasteiger partial charge is 0.396 e. The summed E-state index contributed by atoms with van der Waals surface area (Å²) in [5.41, 5.74) is 1.73. The number of benzene rings is 1. The highest BCUT2D eigenvalue weighted by Gasteiger charge is 2.14. The lowest BCUT2D eigenvalue weighted by Gasteiger charge is -2.11. The van der Waals surface area contributed by atoms with Gasteiger partial charge in [0.25, 0.3) is 0 Å². The van der Waals surface area contributed by atoms with E-state index in [9.17, 15) is 8.42 Å². The van der Waals surface area contributed by atoms with E-state index >= 15 is 0 Å². The van der Waals surface area contributed by atoms with Crippen LogP contribution in [0.25, 0.3) is 0 Å². The van der Waals surface area contributed by atoms with Crippen LogP contribution in [0.4, 0.5) is 5.69 Å². The average molecular weight is 257 g/mol. The zero-order valence-corrected chi connectivity index (χ0v) is 11.0. The van der Waals surface area contributed by atoms with Crippen LogP contribution in [0.2, 0.25) is 0 Å². The van der Waals surface area contributed by atoms with Gasteiger partial charge in [0.1, 0.15) is 0 Å². The molecule has 1 atom stereocenters. The molecule has 17 heavy (non-hydrogen) atoms. The molecular weight excluding hydrogens is 238 g/mol. The van der Waals surface area contributed by atoms with Crippen molar-refractivity contribution in [2.75, 3.05) is 17.1 Å². The fraction of sp³-hybridized carbons (Fsp3) is 0.500. The maximum Gasteiger partial charge on any atom is 0.233 e. The Labute approximate surface area is 103 Å². The van der Waals surface area contributed by atoms with E-state index in [1.54, 1.807) is 19.1 Å². The number of nitrogens with one attached hydrogen (secondary N) is 1. The fourth-order valence-corrected chi connectivity index (χ4v) is 2.89. The minimum Gasteiger partial charge on any atom is -0.396 e. The van der Waals surface area contributed by atoms with Gasteiger partial charge in [-0.15, -0.1) is 0 Å². The zero-order chi connectivity index (χ0) is 12.9. The van der Waals surface area contributed by atoms with Crippen molar-refractivity contribution in [3.63, 3.8) is 0 Å². The van der Waals surface area contributed by atoms with Crippen molar-refractivity contribution in [3.05, 3.63) is 29.8 Å². The summed E-state index contributed by atoms with van der Waals surface area (Å²) in [6.45, 7) is 3.61. The summed E-state index contributed by atoms with van der Waals surface area (Å²) >= 11 is 0. The summed E-state index contributed by atoms with van der Waals surface area (Å²) in [6, 6.07) is 7.29. The first-order chi connectivity index (χ1) is 7.96. The van der Waals surface area contributed by atoms with Crippen molar-refractivity contribution < 1.29 is 13.5 Å². The molecule has 0 spiro atoms. The van der Waals surface area contributed by atoms with Crippen LogP contribution in [-0.2, 0) is 16.4 Å². The molecule has 0 bridgehead atoms. The molecule has 2 N–H and O–H groups in total. The van der Waals surface area contributed by atoms with E-state index in [1.807, 2.05) is 19.1 Å². The predicted molar refractivity (Wildman–Crippen MR) is 69.5 cm³/mol. The summed E-state index contributed by atoms with van der Waals surface area (Å²) in [6.07, 6.45) is 0.925. The van der Waals surface area contributed by atoms with Gasteiger partial charge in [-0.2, -0.15) is 0 Å². The molecular formula is C12H19NO3S. The number of aliphatic hydroxyl groups excluding tert-OH is 1. The first-order valence-electron chi connectivity index (χ1n) is 5.67. The van der Waals surface area contributed by atoms with E-state index in [4.69, 9.17) is 5.11 Å². The Bertz CT molecular complexity index is 439. The molecule has 0 aliphatic heterocycles. The number of hydrogen-bond acceptors (Lipinski definition) is 3. The number of anilines is 1. The van der Waals surface area contributed by atoms with Gasteiger partial charge < -0.3 is 5.11 Å². The van der Waals surface area contributed by atoms with Gasteiger partial charge in [-0.25, -0.2) is 8.42 Å². The summed E-state index contributed by atoms with van der Waals surface area (Å²) in [5, 5.41) is 8.84. The molecule has 0 heterocycles. The molecule has 1 unspecified atom stereocenters. The van der Waals surface area contributed by atoms with Crippen LogP contribution in [0.3, 0.4) is 0 Å². The second-order valence-corrected chi connectivity index (χ2v) is 5.99. The van der Waals surface area contributed by atoms with Crippen LogP contribution < -0.4 is 4.72 Å².